The number of benzene rings is 3. The Labute approximate surface area is 228 Å². The van der Waals surface area contributed by atoms with E-state index in [0.717, 1.165) is 45.0 Å². The molecule has 2 aromatic heterocycles. The zero-order valence-electron chi connectivity index (χ0n) is 22.2. The maximum atomic E-state index is 12.9. The fourth-order valence-corrected chi connectivity index (χ4v) is 5.21. The molecular formula is C32H31N5O2. The van der Waals surface area contributed by atoms with Gasteiger partial charge in [0.05, 0.1) is 5.39 Å². The van der Waals surface area contributed by atoms with Crippen LogP contribution in [-0.4, -0.2) is 58.1 Å². The van der Waals surface area contributed by atoms with E-state index in [-0.39, 0.29) is 12.5 Å². The number of fused-ring (bicyclic) bond motifs is 1. The highest BCUT2D eigenvalue weighted by molar-refractivity contribution is 6.02. The minimum atomic E-state index is -0.000402. The number of hydrogen-bond acceptors (Lipinski definition) is 5. The molecular weight excluding hydrogens is 486 g/mol. The maximum Gasteiger partial charge on any atom is 0.260 e. The van der Waals surface area contributed by atoms with Gasteiger partial charge in [0.2, 0.25) is 0 Å². The van der Waals surface area contributed by atoms with Crippen LogP contribution in [-0.2, 0) is 4.79 Å². The first-order chi connectivity index (χ1) is 19.1. The van der Waals surface area contributed by atoms with Crippen molar-refractivity contribution in [2.45, 2.75) is 13.8 Å². The maximum absolute atomic E-state index is 12.9. The van der Waals surface area contributed by atoms with Crippen LogP contribution in [0.5, 0.6) is 5.75 Å². The first-order valence-electron chi connectivity index (χ1n) is 13.3. The van der Waals surface area contributed by atoms with Crippen LogP contribution in [0.2, 0.25) is 0 Å². The van der Waals surface area contributed by atoms with Gasteiger partial charge in [-0.2, -0.15) is 0 Å². The number of amides is 1. The molecule has 0 saturated carbocycles. The van der Waals surface area contributed by atoms with Crippen LogP contribution < -0.4 is 9.64 Å². The lowest BCUT2D eigenvalue weighted by Gasteiger charge is -2.35. The molecule has 0 bridgehead atoms. The molecule has 3 aromatic carbocycles. The summed E-state index contributed by atoms with van der Waals surface area (Å²) in [6.45, 7) is 6.75. The number of nitrogens with zero attached hydrogens (tertiary/aromatic N) is 5. The van der Waals surface area contributed by atoms with Gasteiger partial charge in [0.15, 0.2) is 12.3 Å². The number of piperazine rings is 1. The number of aryl methyl sites for hydroxylation is 2. The van der Waals surface area contributed by atoms with E-state index >= 15 is 0 Å². The van der Waals surface area contributed by atoms with E-state index in [1.165, 1.54) is 5.56 Å². The molecule has 0 radical (unpaired) electrons. The van der Waals surface area contributed by atoms with Crippen molar-refractivity contribution in [2.75, 3.05) is 37.7 Å². The minimum absolute atomic E-state index is 0.000402. The molecule has 1 aliphatic heterocycles. The van der Waals surface area contributed by atoms with E-state index in [4.69, 9.17) is 14.7 Å². The van der Waals surface area contributed by atoms with E-state index in [0.29, 0.717) is 26.2 Å². The summed E-state index contributed by atoms with van der Waals surface area (Å²) in [7, 11) is 0. The molecule has 0 unspecified atom stereocenters. The lowest BCUT2D eigenvalue weighted by molar-refractivity contribution is -0.133. The summed E-state index contributed by atoms with van der Waals surface area (Å²) in [5, 5.41) is 1.02. The van der Waals surface area contributed by atoms with Crippen LogP contribution in [0.1, 0.15) is 11.1 Å². The van der Waals surface area contributed by atoms with E-state index in [2.05, 4.69) is 71.1 Å². The summed E-state index contributed by atoms with van der Waals surface area (Å²) in [6, 6.07) is 26.6. The number of carbonyl (C=O) groups excluding carboxylic acids is 1. The van der Waals surface area contributed by atoms with Crippen LogP contribution in [0.4, 0.5) is 5.82 Å². The van der Waals surface area contributed by atoms with E-state index in [9.17, 15) is 4.79 Å². The lowest BCUT2D eigenvalue weighted by Crippen LogP contribution is -2.50. The summed E-state index contributed by atoms with van der Waals surface area (Å²) in [4.78, 5) is 26.5. The zero-order valence-corrected chi connectivity index (χ0v) is 22.2. The van der Waals surface area contributed by atoms with Gasteiger partial charge in [-0.05, 0) is 54.8 Å². The molecule has 0 atom stereocenters. The molecule has 5 aromatic rings. The highest BCUT2D eigenvalue weighted by Crippen LogP contribution is 2.37. The summed E-state index contributed by atoms with van der Waals surface area (Å²) in [5.41, 5.74) is 6.44. The van der Waals surface area contributed by atoms with Crippen LogP contribution in [0.25, 0.3) is 27.8 Å². The van der Waals surface area contributed by atoms with Crippen molar-refractivity contribution < 1.29 is 9.53 Å². The van der Waals surface area contributed by atoms with Gasteiger partial charge in [-0.15, -0.1) is 0 Å². The molecule has 0 aliphatic carbocycles. The van der Waals surface area contributed by atoms with Gasteiger partial charge in [-0.3, -0.25) is 4.79 Å². The predicted octanol–water partition coefficient (Wildman–Crippen LogP) is 5.43. The van der Waals surface area contributed by atoms with Gasteiger partial charge < -0.3 is 19.1 Å². The smallest absolute Gasteiger partial charge is 0.260 e. The average molecular weight is 518 g/mol. The number of rotatable bonds is 6. The topological polar surface area (TPSA) is 63.5 Å². The molecule has 1 saturated heterocycles. The predicted molar refractivity (Wildman–Crippen MR) is 155 cm³/mol. The van der Waals surface area contributed by atoms with Gasteiger partial charge in [-0.25, -0.2) is 9.97 Å². The third-order valence-corrected chi connectivity index (χ3v) is 7.21. The van der Waals surface area contributed by atoms with Crippen LogP contribution >= 0.6 is 0 Å². The molecule has 1 amide bonds. The molecule has 39 heavy (non-hydrogen) atoms. The van der Waals surface area contributed by atoms with Crippen molar-refractivity contribution in [3.8, 4) is 22.6 Å². The molecule has 1 aliphatic rings. The number of aromatic nitrogens is 3. The fourth-order valence-electron chi connectivity index (χ4n) is 5.21. The van der Waals surface area contributed by atoms with Gasteiger partial charge in [0.1, 0.15) is 17.9 Å². The second-order valence-electron chi connectivity index (χ2n) is 9.99. The van der Waals surface area contributed by atoms with E-state index in [1.807, 2.05) is 42.2 Å². The standard InChI is InChI=1S/C32H31N5O2/c1-23-8-6-12-26(18-23)37-20-28(25-10-4-3-5-11-25)30-31(33-22-34-32(30)37)36-16-14-35(15-17-36)29(38)21-39-27-13-7-9-24(2)19-27/h3-13,18-20,22H,14-17,21H2,1-2H3. The Hall–Kier alpha value is -4.65. The number of carbonyl (C=O) groups is 1. The Morgan fingerprint density at radius 2 is 1.59 bits per heavy atom. The molecule has 0 N–H and O–H groups in total. The number of hydrogen-bond donors (Lipinski definition) is 0. The SMILES string of the molecule is Cc1cccc(OCC(=O)N2CCN(c3ncnc4c3c(-c3ccccc3)cn4-c3cccc(C)c3)CC2)c1. The third-order valence-electron chi connectivity index (χ3n) is 7.21. The minimum Gasteiger partial charge on any atom is -0.484 e. The Morgan fingerprint density at radius 1 is 0.846 bits per heavy atom. The van der Waals surface area contributed by atoms with Crippen molar-refractivity contribution in [3.05, 3.63) is 103 Å². The molecule has 7 nitrogen and oxygen atoms in total. The largest absolute Gasteiger partial charge is 0.484 e. The molecule has 6 rings (SSSR count). The number of ether oxygens (including phenoxy) is 1. The summed E-state index contributed by atoms with van der Waals surface area (Å²) < 4.78 is 7.91. The number of anilines is 1. The summed E-state index contributed by atoms with van der Waals surface area (Å²) >= 11 is 0. The highest BCUT2D eigenvalue weighted by atomic mass is 16.5. The molecule has 0 spiro atoms. The van der Waals surface area contributed by atoms with Crippen LogP contribution in [0.3, 0.4) is 0 Å². The van der Waals surface area contributed by atoms with Crippen molar-refractivity contribution in [3.63, 3.8) is 0 Å². The third kappa shape index (κ3) is 5.08. The van der Waals surface area contributed by atoms with Crippen LogP contribution in [0, 0.1) is 13.8 Å². The molecule has 3 heterocycles. The van der Waals surface area contributed by atoms with Gasteiger partial charge in [0, 0.05) is 43.6 Å². The first-order valence-corrected chi connectivity index (χ1v) is 13.3. The Balaban J connectivity index is 1.27. The van der Waals surface area contributed by atoms with Crippen molar-refractivity contribution in [1.82, 2.24) is 19.4 Å². The average Bonchev–Trinajstić information content (AvgIpc) is 3.37. The Kier molecular flexibility index (Phi) is 6.71. The second-order valence-corrected chi connectivity index (χ2v) is 9.99. The highest BCUT2D eigenvalue weighted by Gasteiger charge is 2.26. The Bertz CT molecular complexity index is 1620. The van der Waals surface area contributed by atoms with Crippen LogP contribution in [0.15, 0.2) is 91.4 Å². The van der Waals surface area contributed by atoms with Gasteiger partial charge >= 0.3 is 0 Å². The Morgan fingerprint density at radius 3 is 2.33 bits per heavy atom. The van der Waals surface area contributed by atoms with E-state index in [1.54, 1.807) is 6.33 Å². The zero-order chi connectivity index (χ0) is 26.8. The normalized spacial score (nSPS) is 13.6. The second kappa shape index (κ2) is 10.6. The quantitative estimate of drug-likeness (QED) is 0.301. The first kappa shape index (κ1) is 24.7. The van der Waals surface area contributed by atoms with E-state index < -0.39 is 0 Å². The summed E-state index contributed by atoms with van der Waals surface area (Å²) in [5.74, 6) is 1.62. The molecule has 196 valence electrons. The van der Waals surface area contributed by atoms with Crippen molar-refractivity contribution in [2.24, 2.45) is 0 Å². The van der Waals surface area contributed by atoms with Crippen molar-refractivity contribution in [1.29, 1.82) is 0 Å². The van der Waals surface area contributed by atoms with Crippen molar-refractivity contribution >= 4 is 22.8 Å². The molecule has 7 heteroatoms. The monoisotopic (exact) mass is 517 g/mol. The van der Waals surface area contributed by atoms with Gasteiger partial charge in [-0.1, -0.05) is 54.6 Å². The fraction of sp³-hybridized carbons (Fsp3) is 0.219. The van der Waals surface area contributed by atoms with Gasteiger partial charge in [0.25, 0.3) is 5.91 Å². The molecule has 1 fully saturated rings. The summed E-state index contributed by atoms with van der Waals surface area (Å²) in [6.07, 6.45) is 3.81. The lowest BCUT2D eigenvalue weighted by atomic mass is 10.1.